The second kappa shape index (κ2) is 2.70. The lowest BCUT2D eigenvalue weighted by molar-refractivity contribution is 0.0981. The van der Waals surface area contributed by atoms with Crippen LogP contribution in [0.2, 0.25) is 0 Å². The van der Waals surface area contributed by atoms with Crippen LogP contribution < -0.4 is 5.32 Å². The van der Waals surface area contributed by atoms with Crippen LogP contribution in [0.4, 0.5) is 0 Å². The number of carbonyl (C=O) groups is 1. The smallest absolute Gasteiger partial charge is 0.256 e. The first kappa shape index (κ1) is 8.24. The van der Waals surface area contributed by atoms with Crippen LogP contribution in [0.25, 0.3) is 16.5 Å². The molecule has 1 aliphatic heterocycles. The Bertz CT molecular complexity index is 546. The first-order valence-electron chi connectivity index (χ1n) is 4.79. The van der Waals surface area contributed by atoms with E-state index in [4.69, 9.17) is 0 Å². The van der Waals surface area contributed by atoms with Gasteiger partial charge in [-0.25, -0.2) is 0 Å². The highest BCUT2D eigenvalue weighted by Crippen LogP contribution is 2.27. The SMILES string of the molecule is C=C1NC(=O)c2cc3ccccc3cc21. The fourth-order valence-corrected chi connectivity index (χ4v) is 1.95. The van der Waals surface area contributed by atoms with Gasteiger partial charge in [-0.15, -0.1) is 0 Å². The monoisotopic (exact) mass is 195 g/mol. The molecule has 2 aromatic carbocycles. The summed E-state index contributed by atoms with van der Waals surface area (Å²) >= 11 is 0. The number of fused-ring (bicyclic) bond motifs is 2. The van der Waals surface area contributed by atoms with Crippen molar-refractivity contribution in [2.24, 2.45) is 0 Å². The molecule has 0 aliphatic carbocycles. The fourth-order valence-electron chi connectivity index (χ4n) is 1.95. The number of carbonyl (C=O) groups excluding carboxylic acids is 1. The lowest BCUT2D eigenvalue weighted by Gasteiger charge is -2.00. The van der Waals surface area contributed by atoms with Crippen molar-refractivity contribution in [3.05, 3.63) is 54.1 Å². The molecule has 2 aromatic rings. The van der Waals surface area contributed by atoms with Gasteiger partial charge < -0.3 is 5.32 Å². The van der Waals surface area contributed by atoms with Gasteiger partial charge in [-0.2, -0.15) is 0 Å². The first-order valence-corrected chi connectivity index (χ1v) is 4.79. The molecule has 1 amide bonds. The van der Waals surface area contributed by atoms with Gasteiger partial charge in [0.15, 0.2) is 0 Å². The standard InChI is InChI=1S/C13H9NO/c1-8-11-6-9-4-2-3-5-10(9)7-12(11)13(15)14-8/h2-7H,1H2,(H,14,15). The van der Waals surface area contributed by atoms with Crippen LogP contribution >= 0.6 is 0 Å². The van der Waals surface area contributed by atoms with Crippen molar-refractivity contribution >= 4 is 22.4 Å². The molecule has 0 saturated heterocycles. The summed E-state index contributed by atoms with van der Waals surface area (Å²) in [5.74, 6) is -0.0549. The molecule has 2 heteroatoms. The molecule has 0 bridgehead atoms. The van der Waals surface area contributed by atoms with Gasteiger partial charge >= 0.3 is 0 Å². The minimum atomic E-state index is -0.0549. The summed E-state index contributed by atoms with van der Waals surface area (Å²) in [4.78, 5) is 11.5. The zero-order valence-corrected chi connectivity index (χ0v) is 8.08. The average molecular weight is 195 g/mol. The van der Waals surface area contributed by atoms with Crippen LogP contribution in [0.1, 0.15) is 15.9 Å². The van der Waals surface area contributed by atoms with Gasteiger partial charge in [-0.1, -0.05) is 30.8 Å². The Balaban J connectivity index is 2.41. The van der Waals surface area contributed by atoms with Gasteiger partial charge in [0.05, 0.1) is 0 Å². The van der Waals surface area contributed by atoms with Crippen molar-refractivity contribution in [2.45, 2.75) is 0 Å². The van der Waals surface area contributed by atoms with Gasteiger partial charge in [0.25, 0.3) is 5.91 Å². The minimum absolute atomic E-state index is 0.0549. The molecule has 1 N–H and O–H groups in total. The zero-order chi connectivity index (χ0) is 10.4. The van der Waals surface area contributed by atoms with E-state index in [2.05, 4.69) is 11.9 Å². The maximum Gasteiger partial charge on any atom is 0.256 e. The lowest BCUT2D eigenvalue weighted by Crippen LogP contribution is -2.11. The van der Waals surface area contributed by atoms with Crippen LogP contribution in [0.5, 0.6) is 0 Å². The van der Waals surface area contributed by atoms with E-state index < -0.39 is 0 Å². The molecular weight excluding hydrogens is 186 g/mol. The number of hydrogen-bond acceptors (Lipinski definition) is 1. The van der Waals surface area contributed by atoms with Crippen molar-refractivity contribution in [1.82, 2.24) is 5.32 Å². The van der Waals surface area contributed by atoms with Crippen LogP contribution in [-0.4, -0.2) is 5.91 Å². The Morgan fingerprint density at radius 1 is 1.00 bits per heavy atom. The summed E-state index contributed by atoms with van der Waals surface area (Å²) in [5.41, 5.74) is 2.33. The highest BCUT2D eigenvalue weighted by molar-refractivity contribution is 6.11. The van der Waals surface area contributed by atoms with Gasteiger partial charge in [0.2, 0.25) is 0 Å². The third-order valence-electron chi connectivity index (χ3n) is 2.72. The van der Waals surface area contributed by atoms with Gasteiger partial charge in [0.1, 0.15) is 0 Å². The summed E-state index contributed by atoms with van der Waals surface area (Å²) in [5, 5.41) is 4.94. The van der Waals surface area contributed by atoms with Gasteiger partial charge in [-0.3, -0.25) is 4.79 Å². The Kier molecular flexibility index (Phi) is 1.48. The summed E-state index contributed by atoms with van der Waals surface area (Å²) < 4.78 is 0. The summed E-state index contributed by atoms with van der Waals surface area (Å²) in [6.07, 6.45) is 0. The molecule has 72 valence electrons. The van der Waals surface area contributed by atoms with E-state index in [-0.39, 0.29) is 5.91 Å². The highest BCUT2D eigenvalue weighted by Gasteiger charge is 2.22. The predicted octanol–water partition coefficient (Wildman–Crippen LogP) is 2.55. The summed E-state index contributed by atoms with van der Waals surface area (Å²) in [6.45, 7) is 3.82. The third-order valence-corrected chi connectivity index (χ3v) is 2.72. The Morgan fingerprint density at radius 2 is 1.60 bits per heavy atom. The average Bonchev–Trinajstić information content (AvgIpc) is 2.52. The Labute approximate surface area is 87.2 Å². The summed E-state index contributed by atoms with van der Waals surface area (Å²) in [7, 11) is 0. The maximum atomic E-state index is 11.5. The van der Waals surface area contributed by atoms with E-state index in [0.29, 0.717) is 5.70 Å². The van der Waals surface area contributed by atoms with Crippen molar-refractivity contribution in [3.8, 4) is 0 Å². The lowest BCUT2D eigenvalue weighted by atomic mass is 10.0. The second-order valence-corrected chi connectivity index (χ2v) is 3.68. The molecule has 0 atom stereocenters. The summed E-state index contributed by atoms with van der Waals surface area (Å²) in [6, 6.07) is 11.9. The van der Waals surface area contributed by atoms with Crippen LogP contribution in [-0.2, 0) is 0 Å². The third kappa shape index (κ3) is 1.08. The van der Waals surface area contributed by atoms with E-state index in [1.807, 2.05) is 36.4 Å². The van der Waals surface area contributed by atoms with Gasteiger partial charge in [0, 0.05) is 16.8 Å². The zero-order valence-electron chi connectivity index (χ0n) is 8.08. The molecule has 0 saturated carbocycles. The van der Waals surface area contributed by atoms with E-state index >= 15 is 0 Å². The molecule has 0 spiro atoms. The molecule has 0 aromatic heterocycles. The van der Waals surface area contributed by atoms with Crippen molar-refractivity contribution in [1.29, 1.82) is 0 Å². The first-order chi connectivity index (χ1) is 7.25. The molecule has 0 fully saturated rings. The quantitative estimate of drug-likeness (QED) is 0.687. The number of nitrogens with one attached hydrogen (secondary N) is 1. The molecule has 0 radical (unpaired) electrons. The number of amides is 1. The molecule has 15 heavy (non-hydrogen) atoms. The van der Waals surface area contributed by atoms with E-state index in [0.717, 1.165) is 21.9 Å². The van der Waals surface area contributed by atoms with Crippen molar-refractivity contribution in [2.75, 3.05) is 0 Å². The fraction of sp³-hybridized carbons (Fsp3) is 0. The van der Waals surface area contributed by atoms with Crippen molar-refractivity contribution in [3.63, 3.8) is 0 Å². The largest absolute Gasteiger partial charge is 0.322 e. The Morgan fingerprint density at radius 3 is 2.27 bits per heavy atom. The number of hydrogen-bond donors (Lipinski definition) is 1. The normalized spacial score (nSPS) is 14.1. The molecule has 3 rings (SSSR count). The molecule has 1 aliphatic rings. The number of benzene rings is 2. The van der Waals surface area contributed by atoms with Crippen LogP contribution in [0, 0.1) is 0 Å². The second-order valence-electron chi connectivity index (χ2n) is 3.68. The maximum absolute atomic E-state index is 11.5. The van der Waals surface area contributed by atoms with Crippen molar-refractivity contribution < 1.29 is 4.79 Å². The van der Waals surface area contributed by atoms with Crippen LogP contribution in [0.3, 0.4) is 0 Å². The molecule has 2 nitrogen and oxygen atoms in total. The van der Waals surface area contributed by atoms with E-state index in [1.165, 1.54) is 0 Å². The molecular formula is C13H9NO. The van der Waals surface area contributed by atoms with Gasteiger partial charge in [-0.05, 0) is 22.9 Å². The predicted molar refractivity (Wildman–Crippen MR) is 60.4 cm³/mol. The minimum Gasteiger partial charge on any atom is -0.322 e. The molecule has 1 heterocycles. The number of rotatable bonds is 0. The highest BCUT2D eigenvalue weighted by atomic mass is 16.1. The van der Waals surface area contributed by atoms with Crippen LogP contribution in [0.15, 0.2) is 43.0 Å². The van der Waals surface area contributed by atoms with E-state index in [1.54, 1.807) is 0 Å². The Hall–Kier alpha value is -2.09. The molecule has 0 unspecified atom stereocenters. The van der Waals surface area contributed by atoms with E-state index in [9.17, 15) is 4.79 Å². The topological polar surface area (TPSA) is 29.1 Å².